The van der Waals surface area contributed by atoms with Gasteiger partial charge >= 0.3 is 6.18 Å². The molecule has 0 saturated heterocycles. The van der Waals surface area contributed by atoms with Crippen LogP contribution in [0.15, 0.2) is 28.6 Å². The van der Waals surface area contributed by atoms with Crippen molar-refractivity contribution in [2.24, 2.45) is 4.99 Å². The Morgan fingerprint density at radius 2 is 1.92 bits per heavy atom. The molecule has 0 bridgehead atoms. The number of thiazole rings is 1. The first kappa shape index (κ1) is 21.6. The highest BCUT2D eigenvalue weighted by atomic mass is 127. The van der Waals surface area contributed by atoms with Crippen LogP contribution in [0.4, 0.5) is 17.6 Å². The van der Waals surface area contributed by atoms with E-state index in [4.69, 9.17) is 0 Å². The molecule has 0 fully saturated rings. The summed E-state index contributed by atoms with van der Waals surface area (Å²) in [4.78, 5) is 7.52. The Morgan fingerprint density at radius 3 is 2.48 bits per heavy atom. The zero-order valence-electron chi connectivity index (χ0n) is 13.4. The third-order valence-electron chi connectivity index (χ3n) is 3.16. The molecule has 2 rings (SSSR count). The lowest BCUT2D eigenvalue weighted by molar-refractivity contribution is -0.140. The Labute approximate surface area is 163 Å². The van der Waals surface area contributed by atoms with Crippen LogP contribution in [0.25, 0.3) is 0 Å². The van der Waals surface area contributed by atoms with Crippen molar-refractivity contribution >= 4 is 41.3 Å². The van der Waals surface area contributed by atoms with Crippen molar-refractivity contribution in [3.05, 3.63) is 51.2 Å². The third-order valence-corrected chi connectivity index (χ3v) is 4.00. The summed E-state index contributed by atoms with van der Waals surface area (Å²) >= 11 is 0.929. The van der Waals surface area contributed by atoms with Gasteiger partial charge in [0.05, 0.1) is 6.54 Å². The average Bonchev–Trinajstić information content (AvgIpc) is 3.00. The van der Waals surface area contributed by atoms with E-state index in [1.807, 2.05) is 0 Å². The number of guanidine groups is 1. The number of aryl methyl sites for hydroxylation is 1. The summed E-state index contributed by atoms with van der Waals surface area (Å²) in [5, 5.41) is 7.19. The second-order valence-electron chi connectivity index (χ2n) is 4.99. The molecule has 0 radical (unpaired) electrons. The minimum Gasteiger partial charge on any atom is -0.352 e. The van der Waals surface area contributed by atoms with E-state index in [-0.39, 0.29) is 36.3 Å². The number of hydrogen-bond donors (Lipinski definition) is 2. The molecule has 0 aliphatic carbocycles. The Hall–Kier alpha value is -1.43. The maximum absolute atomic E-state index is 13.2. The molecule has 138 valence electrons. The van der Waals surface area contributed by atoms with E-state index in [2.05, 4.69) is 20.6 Å². The van der Waals surface area contributed by atoms with E-state index in [1.54, 1.807) is 26.1 Å². The molecule has 0 spiro atoms. The minimum atomic E-state index is -4.44. The van der Waals surface area contributed by atoms with Crippen molar-refractivity contribution in [3.63, 3.8) is 0 Å². The van der Waals surface area contributed by atoms with E-state index in [0.717, 1.165) is 22.3 Å². The molecule has 2 aromatic rings. The van der Waals surface area contributed by atoms with Gasteiger partial charge in [-0.25, -0.2) is 9.37 Å². The summed E-state index contributed by atoms with van der Waals surface area (Å²) in [7, 11) is 1.55. The molecule has 0 aliphatic rings. The van der Waals surface area contributed by atoms with E-state index >= 15 is 0 Å². The van der Waals surface area contributed by atoms with Crippen LogP contribution in [0.5, 0.6) is 0 Å². The molecule has 1 aromatic heterocycles. The maximum Gasteiger partial charge on any atom is 0.434 e. The number of nitrogens with one attached hydrogen (secondary N) is 2. The van der Waals surface area contributed by atoms with Crippen LogP contribution in [0, 0.1) is 12.7 Å². The van der Waals surface area contributed by atoms with Crippen LogP contribution in [0.3, 0.4) is 0 Å². The van der Waals surface area contributed by atoms with Crippen LogP contribution < -0.4 is 10.6 Å². The number of hydrogen-bond acceptors (Lipinski definition) is 3. The van der Waals surface area contributed by atoms with Gasteiger partial charge in [0.25, 0.3) is 0 Å². The summed E-state index contributed by atoms with van der Waals surface area (Å²) in [5.74, 6) is 0.145. The summed E-state index contributed by atoms with van der Waals surface area (Å²) in [6.07, 6.45) is -4.44. The molecule has 25 heavy (non-hydrogen) atoms. The largest absolute Gasteiger partial charge is 0.434 e. The first-order chi connectivity index (χ1) is 11.3. The van der Waals surface area contributed by atoms with Gasteiger partial charge in [-0.05, 0) is 24.1 Å². The van der Waals surface area contributed by atoms with E-state index in [0.29, 0.717) is 23.1 Å². The van der Waals surface area contributed by atoms with Crippen molar-refractivity contribution in [2.75, 3.05) is 7.05 Å². The summed E-state index contributed by atoms with van der Waals surface area (Å²) in [5.41, 5.74) is 0.513. The highest BCUT2D eigenvalue weighted by molar-refractivity contribution is 14.0. The van der Waals surface area contributed by atoms with Crippen molar-refractivity contribution < 1.29 is 17.6 Å². The van der Waals surface area contributed by atoms with E-state index < -0.39 is 11.9 Å². The van der Waals surface area contributed by atoms with Gasteiger partial charge in [-0.15, -0.1) is 35.3 Å². The SMILES string of the molecule is CN=C(NCc1ccc(F)c(C)c1)NCc1nc(C(F)(F)F)cs1.I. The highest BCUT2D eigenvalue weighted by Crippen LogP contribution is 2.29. The lowest BCUT2D eigenvalue weighted by Gasteiger charge is -2.11. The molecule has 1 aromatic carbocycles. The molecular weight excluding hydrogens is 471 g/mol. The summed E-state index contributed by atoms with van der Waals surface area (Å²) < 4.78 is 50.7. The molecule has 0 aliphatic heterocycles. The number of aromatic nitrogens is 1. The average molecular weight is 488 g/mol. The van der Waals surface area contributed by atoms with Crippen LogP contribution >= 0.6 is 35.3 Å². The number of rotatable bonds is 4. The predicted molar refractivity (Wildman–Crippen MR) is 101 cm³/mol. The molecule has 2 N–H and O–H groups in total. The number of benzene rings is 1. The molecule has 4 nitrogen and oxygen atoms in total. The van der Waals surface area contributed by atoms with E-state index in [1.165, 1.54) is 6.07 Å². The van der Waals surface area contributed by atoms with Crippen molar-refractivity contribution in [2.45, 2.75) is 26.2 Å². The minimum absolute atomic E-state index is 0. The first-order valence-corrected chi connectivity index (χ1v) is 7.88. The van der Waals surface area contributed by atoms with E-state index in [9.17, 15) is 17.6 Å². The molecule has 0 atom stereocenters. The van der Waals surface area contributed by atoms with Crippen molar-refractivity contribution in [1.82, 2.24) is 15.6 Å². The smallest absolute Gasteiger partial charge is 0.352 e. The van der Waals surface area contributed by atoms with Gasteiger partial charge in [0.2, 0.25) is 0 Å². The molecule has 10 heteroatoms. The molecule has 0 saturated carbocycles. The zero-order valence-corrected chi connectivity index (χ0v) is 16.6. The number of nitrogens with zero attached hydrogens (tertiary/aromatic N) is 2. The summed E-state index contributed by atoms with van der Waals surface area (Å²) in [6.45, 7) is 2.21. The monoisotopic (exact) mass is 488 g/mol. The normalized spacial score (nSPS) is 11.8. The topological polar surface area (TPSA) is 49.3 Å². The maximum atomic E-state index is 13.2. The van der Waals surface area contributed by atoms with Gasteiger partial charge < -0.3 is 10.6 Å². The summed E-state index contributed by atoms with van der Waals surface area (Å²) in [6, 6.07) is 4.75. The van der Waals surface area contributed by atoms with Gasteiger partial charge in [-0.1, -0.05) is 12.1 Å². The molecule has 0 unspecified atom stereocenters. The fourth-order valence-electron chi connectivity index (χ4n) is 1.90. The quantitative estimate of drug-likeness (QED) is 0.295. The number of aliphatic imine (C=N–C) groups is 1. The molecule has 0 amide bonds. The highest BCUT2D eigenvalue weighted by Gasteiger charge is 2.33. The van der Waals surface area contributed by atoms with Gasteiger partial charge in [0.15, 0.2) is 11.7 Å². The fraction of sp³-hybridized carbons (Fsp3) is 0.333. The zero-order chi connectivity index (χ0) is 17.7. The van der Waals surface area contributed by atoms with Gasteiger partial charge in [-0.3, -0.25) is 4.99 Å². The fourth-order valence-corrected chi connectivity index (χ4v) is 2.65. The van der Waals surface area contributed by atoms with Gasteiger partial charge in [0, 0.05) is 19.0 Å². The Morgan fingerprint density at radius 1 is 1.24 bits per heavy atom. The van der Waals surface area contributed by atoms with Gasteiger partial charge in [0.1, 0.15) is 10.8 Å². The Balaban J connectivity index is 0.00000312. The van der Waals surface area contributed by atoms with Crippen LogP contribution in [0.2, 0.25) is 0 Å². The third kappa shape index (κ3) is 6.42. The molecular formula is C15H17F4IN4S. The van der Waals surface area contributed by atoms with Crippen LogP contribution in [0.1, 0.15) is 21.8 Å². The standard InChI is InChI=1S/C15H16F4N4S.HI/c1-9-5-10(3-4-11(9)16)6-21-14(20-2)22-7-13-23-12(8-24-13)15(17,18)19;/h3-5,8H,6-7H2,1-2H3,(H2,20,21,22);1H. The second kappa shape index (κ2) is 9.32. The Kier molecular flexibility index (Phi) is 8.06. The number of halogens is 5. The van der Waals surface area contributed by atoms with Crippen LogP contribution in [-0.4, -0.2) is 18.0 Å². The number of alkyl halides is 3. The lowest BCUT2D eigenvalue weighted by Crippen LogP contribution is -2.36. The van der Waals surface area contributed by atoms with Crippen molar-refractivity contribution in [3.8, 4) is 0 Å². The predicted octanol–water partition coefficient (Wildman–Crippen LogP) is 4.09. The van der Waals surface area contributed by atoms with Gasteiger partial charge in [-0.2, -0.15) is 13.2 Å². The lowest BCUT2D eigenvalue weighted by atomic mass is 10.1. The van der Waals surface area contributed by atoms with Crippen LogP contribution in [-0.2, 0) is 19.3 Å². The second-order valence-corrected chi connectivity index (χ2v) is 5.93. The molecule has 1 heterocycles. The first-order valence-electron chi connectivity index (χ1n) is 7.00. The Bertz CT molecular complexity index is 731. The van der Waals surface area contributed by atoms with Crippen molar-refractivity contribution in [1.29, 1.82) is 0 Å².